The molecule has 0 aromatic heterocycles. The zero-order valence-corrected chi connectivity index (χ0v) is 21.5. The highest BCUT2D eigenvalue weighted by molar-refractivity contribution is 6.34. The summed E-state index contributed by atoms with van der Waals surface area (Å²) >= 11 is 6.13. The SMILES string of the molecule is CCCCOC(=O)NC1CCCc2ccccc2N1C(=O)c1ccc(NC(=O)c2ccccc2Cl)cc1. The highest BCUT2D eigenvalue weighted by Crippen LogP contribution is 2.30. The number of unbranched alkanes of at least 4 members (excludes halogenated alkanes) is 1. The fraction of sp³-hybridized carbons (Fsp3) is 0.276. The summed E-state index contributed by atoms with van der Waals surface area (Å²) in [5.74, 6) is -0.589. The number of para-hydroxylation sites is 1. The summed E-state index contributed by atoms with van der Waals surface area (Å²) < 4.78 is 5.31. The number of amides is 3. The molecular weight excluding hydrogens is 490 g/mol. The molecule has 1 unspecified atom stereocenters. The largest absolute Gasteiger partial charge is 0.450 e. The second-order valence-electron chi connectivity index (χ2n) is 8.86. The van der Waals surface area contributed by atoms with Crippen LogP contribution in [0.15, 0.2) is 72.8 Å². The average molecular weight is 520 g/mol. The number of nitrogens with zero attached hydrogens (tertiary/aromatic N) is 1. The van der Waals surface area contributed by atoms with Crippen molar-refractivity contribution in [3.63, 3.8) is 0 Å². The van der Waals surface area contributed by atoms with Gasteiger partial charge in [0, 0.05) is 16.9 Å². The van der Waals surface area contributed by atoms with Gasteiger partial charge in [-0.1, -0.05) is 55.3 Å². The summed E-state index contributed by atoms with van der Waals surface area (Å²) in [6, 6.07) is 21.2. The van der Waals surface area contributed by atoms with Crippen molar-refractivity contribution in [2.45, 2.75) is 45.2 Å². The molecule has 1 atom stereocenters. The minimum absolute atomic E-state index is 0.253. The summed E-state index contributed by atoms with van der Waals surface area (Å²) in [4.78, 5) is 40.5. The first-order valence-electron chi connectivity index (χ1n) is 12.5. The fourth-order valence-corrected chi connectivity index (χ4v) is 4.52. The van der Waals surface area contributed by atoms with Gasteiger partial charge in [-0.15, -0.1) is 0 Å². The van der Waals surface area contributed by atoms with Crippen molar-refractivity contribution in [2.75, 3.05) is 16.8 Å². The number of rotatable bonds is 7. The van der Waals surface area contributed by atoms with Crippen LogP contribution in [0.2, 0.25) is 5.02 Å². The van der Waals surface area contributed by atoms with E-state index in [-0.39, 0.29) is 11.8 Å². The Morgan fingerprint density at radius 2 is 1.73 bits per heavy atom. The van der Waals surface area contributed by atoms with E-state index in [1.807, 2.05) is 31.2 Å². The van der Waals surface area contributed by atoms with E-state index in [2.05, 4.69) is 10.6 Å². The Kier molecular flexibility index (Phi) is 8.80. The van der Waals surface area contributed by atoms with Crippen LogP contribution in [0.5, 0.6) is 0 Å². The molecule has 0 radical (unpaired) electrons. The number of halogens is 1. The number of nitrogens with one attached hydrogen (secondary N) is 2. The molecule has 37 heavy (non-hydrogen) atoms. The van der Waals surface area contributed by atoms with Crippen molar-refractivity contribution >= 4 is 40.9 Å². The lowest BCUT2D eigenvalue weighted by atomic mass is 10.1. The molecule has 2 N–H and O–H groups in total. The Bertz CT molecular complexity index is 1260. The molecule has 0 saturated carbocycles. The van der Waals surface area contributed by atoms with Crippen molar-refractivity contribution in [1.82, 2.24) is 5.32 Å². The van der Waals surface area contributed by atoms with Gasteiger partial charge < -0.3 is 15.4 Å². The van der Waals surface area contributed by atoms with Crippen molar-refractivity contribution in [3.05, 3.63) is 94.5 Å². The highest BCUT2D eigenvalue weighted by atomic mass is 35.5. The molecule has 8 heteroatoms. The molecule has 3 aromatic rings. The van der Waals surface area contributed by atoms with Crippen LogP contribution in [0.25, 0.3) is 0 Å². The minimum atomic E-state index is -0.551. The lowest BCUT2D eigenvalue weighted by molar-refractivity contribution is 0.0965. The highest BCUT2D eigenvalue weighted by Gasteiger charge is 2.31. The van der Waals surface area contributed by atoms with Gasteiger partial charge in [-0.3, -0.25) is 14.5 Å². The van der Waals surface area contributed by atoms with E-state index in [4.69, 9.17) is 16.3 Å². The Morgan fingerprint density at radius 1 is 1.00 bits per heavy atom. The van der Waals surface area contributed by atoms with Gasteiger partial charge in [0.15, 0.2) is 0 Å². The molecule has 1 aliphatic rings. The molecule has 1 aliphatic heterocycles. The van der Waals surface area contributed by atoms with Crippen LogP contribution in [-0.4, -0.2) is 30.7 Å². The van der Waals surface area contributed by atoms with Crippen molar-refractivity contribution in [3.8, 4) is 0 Å². The topological polar surface area (TPSA) is 87.7 Å². The quantitative estimate of drug-likeness (QED) is 0.352. The number of fused-ring (bicyclic) bond motifs is 1. The van der Waals surface area contributed by atoms with E-state index in [0.717, 1.165) is 36.9 Å². The number of hydrogen-bond donors (Lipinski definition) is 2. The van der Waals surface area contributed by atoms with Gasteiger partial charge in [-0.25, -0.2) is 4.79 Å². The monoisotopic (exact) mass is 519 g/mol. The van der Waals surface area contributed by atoms with E-state index in [9.17, 15) is 14.4 Å². The van der Waals surface area contributed by atoms with E-state index in [0.29, 0.717) is 34.9 Å². The van der Waals surface area contributed by atoms with Crippen LogP contribution in [0, 0.1) is 0 Å². The third-order valence-corrected chi connectivity index (χ3v) is 6.56. The standard InChI is InChI=1S/C29H30ClN3O4/c1-2-3-19-37-29(36)32-26-14-8-10-20-9-4-7-13-25(20)33(26)28(35)21-15-17-22(18-16-21)31-27(34)23-11-5-6-12-24(23)30/h4-7,9,11-13,15-18,26H,2-3,8,10,14,19H2,1H3,(H,31,34)(H,32,36). The second-order valence-corrected chi connectivity index (χ2v) is 9.26. The molecule has 0 spiro atoms. The van der Waals surface area contributed by atoms with Gasteiger partial charge in [0.1, 0.15) is 6.17 Å². The summed E-state index contributed by atoms with van der Waals surface area (Å²) in [6.07, 6.45) is 2.82. The normalized spacial score (nSPS) is 14.8. The Morgan fingerprint density at radius 3 is 2.49 bits per heavy atom. The van der Waals surface area contributed by atoms with Crippen LogP contribution in [0.3, 0.4) is 0 Å². The number of aryl methyl sites for hydroxylation is 1. The molecular formula is C29H30ClN3O4. The summed E-state index contributed by atoms with van der Waals surface area (Å²) in [7, 11) is 0. The van der Waals surface area contributed by atoms with Crippen LogP contribution in [-0.2, 0) is 11.2 Å². The number of carbonyl (C=O) groups excluding carboxylic acids is 3. The maximum atomic E-state index is 13.8. The number of alkyl carbamates (subject to hydrolysis) is 1. The summed E-state index contributed by atoms with van der Waals surface area (Å²) in [5.41, 5.74) is 3.14. The smallest absolute Gasteiger partial charge is 0.408 e. The Labute approximate surface area is 221 Å². The summed E-state index contributed by atoms with van der Waals surface area (Å²) in [6.45, 7) is 2.36. The molecule has 7 nitrogen and oxygen atoms in total. The first-order chi connectivity index (χ1) is 18.0. The van der Waals surface area contributed by atoms with Gasteiger partial charge in [-0.2, -0.15) is 0 Å². The van der Waals surface area contributed by atoms with Crippen LogP contribution in [0.1, 0.15) is 58.9 Å². The predicted molar refractivity (Wildman–Crippen MR) is 145 cm³/mol. The number of ether oxygens (including phenoxy) is 1. The first-order valence-corrected chi connectivity index (χ1v) is 12.9. The molecule has 0 fully saturated rings. The van der Waals surface area contributed by atoms with Gasteiger partial charge in [0.05, 0.1) is 17.2 Å². The van der Waals surface area contributed by atoms with E-state index >= 15 is 0 Å². The molecule has 4 rings (SSSR count). The molecule has 1 heterocycles. The predicted octanol–water partition coefficient (Wildman–Crippen LogP) is 6.43. The van der Waals surface area contributed by atoms with Crippen LogP contribution < -0.4 is 15.5 Å². The van der Waals surface area contributed by atoms with Gasteiger partial charge in [0.25, 0.3) is 11.8 Å². The third kappa shape index (κ3) is 6.49. The molecule has 0 bridgehead atoms. The lowest BCUT2D eigenvalue weighted by Crippen LogP contribution is -2.51. The average Bonchev–Trinajstić information content (AvgIpc) is 3.08. The Hall–Kier alpha value is -3.84. The zero-order chi connectivity index (χ0) is 26.2. The number of anilines is 2. The number of hydrogen-bond acceptors (Lipinski definition) is 4. The van der Waals surface area contributed by atoms with E-state index < -0.39 is 12.3 Å². The van der Waals surface area contributed by atoms with Gasteiger partial charge in [0.2, 0.25) is 0 Å². The molecule has 3 amide bonds. The first kappa shape index (κ1) is 26.2. The maximum absolute atomic E-state index is 13.8. The van der Waals surface area contributed by atoms with Crippen molar-refractivity contribution in [1.29, 1.82) is 0 Å². The van der Waals surface area contributed by atoms with E-state index in [1.165, 1.54) is 0 Å². The van der Waals surface area contributed by atoms with Gasteiger partial charge >= 0.3 is 6.09 Å². The third-order valence-electron chi connectivity index (χ3n) is 6.23. The second kappa shape index (κ2) is 12.4. The number of carbonyl (C=O) groups is 3. The van der Waals surface area contributed by atoms with Crippen molar-refractivity contribution in [2.24, 2.45) is 0 Å². The minimum Gasteiger partial charge on any atom is -0.450 e. The molecule has 192 valence electrons. The van der Waals surface area contributed by atoms with Crippen LogP contribution >= 0.6 is 11.6 Å². The number of benzene rings is 3. The lowest BCUT2D eigenvalue weighted by Gasteiger charge is -2.31. The molecule has 0 aliphatic carbocycles. The zero-order valence-electron chi connectivity index (χ0n) is 20.7. The summed E-state index contributed by atoms with van der Waals surface area (Å²) in [5, 5.41) is 6.06. The van der Waals surface area contributed by atoms with Crippen molar-refractivity contribution < 1.29 is 19.1 Å². The Balaban J connectivity index is 1.55. The molecule has 0 saturated heterocycles. The fourth-order valence-electron chi connectivity index (χ4n) is 4.29. The van der Waals surface area contributed by atoms with E-state index in [1.54, 1.807) is 53.4 Å². The maximum Gasteiger partial charge on any atom is 0.408 e. The van der Waals surface area contributed by atoms with Crippen LogP contribution in [0.4, 0.5) is 16.2 Å². The molecule has 3 aromatic carbocycles. The van der Waals surface area contributed by atoms with Gasteiger partial charge in [-0.05, 0) is 73.7 Å².